The van der Waals surface area contributed by atoms with Gasteiger partial charge in [-0.1, -0.05) is 13.0 Å². The third-order valence-electron chi connectivity index (χ3n) is 7.31. The number of fused-ring (bicyclic) bond motifs is 2. The van der Waals surface area contributed by atoms with E-state index in [9.17, 15) is 4.79 Å². The van der Waals surface area contributed by atoms with Gasteiger partial charge in [0, 0.05) is 56.7 Å². The standard InChI is InChI=1S/C26H30N8O/c1-5-20-15-33(18(3)19-6-7-21-22(12-19)29-10-9-28-21)17(2)14-34(20)23-13-25(35)31(4)24-16-32(11-8-27)30-26(23)24/h6-7,9-10,12-13,16-18,20H,5,11,14-15H2,1-4H3/t17-,18-,20+/m1/s1. The van der Waals surface area contributed by atoms with Gasteiger partial charge >= 0.3 is 0 Å². The first-order chi connectivity index (χ1) is 16.9. The lowest BCUT2D eigenvalue weighted by atomic mass is 9.98. The molecule has 0 bridgehead atoms. The van der Waals surface area contributed by atoms with Gasteiger partial charge in [0.15, 0.2) is 0 Å². The molecule has 0 amide bonds. The van der Waals surface area contributed by atoms with Gasteiger partial charge in [0.1, 0.15) is 12.1 Å². The molecule has 4 heterocycles. The van der Waals surface area contributed by atoms with E-state index >= 15 is 0 Å². The van der Waals surface area contributed by atoms with Crippen molar-refractivity contribution in [3.8, 4) is 6.07 Å². The maximum atomic E-state index is 12.8. The molecule has 1 aliphatic rings. The van der Waals surface area contributed by atoms with Crippen LogP contribution in [0.25, 0.3) is 22.1 Å². The van der Waals surface area contributed by atoms with Crippen LogP contribution >= 0.6 is 0 Å². The SMILES string of the molecule is CC[C@H]1CN([C@H](C)c2ccc3nccnc3c2)[C@H](C)CN1c1cc(=O)n(C)c2cn(CC#N)nc12. The van der Waals surface area contributed by atoms with Gasteiger partial charge in [0.2, 0.25) is 0 Å². The molecule has 0 unspecified atom stereocenters. The summed E-state index contributed by atoms with van der Waals surface area (Å²) in [6, 6.07) is 10.9. The lowest BCUT2D eigenvalue weighted by Crippen LogP contribution is -2.58. The third-order valence-corrected chi connectivity index (χ3v) is 7.31. The van der Waals surface area contributed by atoms with E-state index in [-0.39, 0.29) is 30.2 Å². The van der Waals surface area contributed by atoms with Crippen molar-refractivity contribution in [2.45, 2.75) is 51.9 Å². The topological polar surface area (TPSA) is 95.9 Å². The van der Waals surface area contributed by atoms with E-state index in [1.165, 1.54) is 5.56 Å². The van der Waals surface area contributed by atoms with E-state index in [2.05, 4.69) is 63.8 Å². The molecule has 180 valence electrons. The largest absolute Gasteiger partial charge is 0.364 e. The van der Waals surface area contributed by atoms with Crippen LogP contribution < -0.4 is 10.5 Å². The third kappa shape index (κ3) is 4.04. The summed E-state index contributed by atoms with van der Waals surface area (Å²) in [5.41, 5.74) is 5.33. The summed E-state index contributed by atoms with van der Waals surface area (Å²) in [6.45, 7) is 8.47. The minimum atomic E-state index is -0.0698. The number of pyridine rings is 1. The Balaban J connectivity index is 1.48. The zero-order valence-electron chi connectivity index (χ0n) is 20.6. The fourth-order valence-electron chi connectivity index (χ4n) is 5.29. The number of aromatic nitrogens is 5. The van der Waals surface area contributed by atoms with E-state index in [4.69, 9.17) is 5.26 Å². The number of hydrogen-bond donors (Lipinski definition) is 0. The normalized spacial score (nSPS) is 19.8. The highest BCUT2D eigenvalue weighted by Crippen LogP contribution is 2.33. The molecule has 3 atom stereocenters. The maximum absolute atomic E-state index is 12.8. The molecule has 0 aliphatic carbocycles. The lowest BCUT2D eigenvalue weighted by Gasteiger charge is -2.48. The molecule has 4 aromatic rings. The highest BCUT2D eigenvalue weighted by atomic mass is 16.1. The van der Waals surface area contributed by atoms with Crippen LogP contribution in [-0.4, -0.2) is 54.4 Å². The van der Waals surface area contributed by atoms with Crippen LogP contribution in [0.1, 0.15) is 38.8 Å². The maximum Gasteiger partial charge on any atom is 0.252 e. The predicted molar refractivity (Wildman–Crippen MR) is 136 cm³/mol. The van der Waals surface area contributed by atoms with Crippen LogP contribution in [0.3, 0.4) is 0 Å². The van der Waals surface area contributed by atoms with Crippen LogP contribution in [-0.2, 0) is 13.6 Å². The Hall–Kier alpha value is -3.77. The molecule has 1 aliphatic heterocycles. The number of rotatable bonds is 5. The van der Waals surface area contributed by atoms with Crippen molar-refractivity contribution >= 4 is 27.8 Å². The average Bonchev–Trinajstić information content (AvgIpc) is 3.30. The van der Waals surface area contributed by atoms with Gasteiger partial charge in [-0.3, -0.25) is 24.3 Å². The highest BCUT2D eigenvalue weighted by Gasteiger charge is 2.35. The van der Waals surface area contributed by atoms with Crippen LogP contribution in [0.5, 0.6) is 0 Å². The fourth-order valence-corrected chi connectivity index (χ4v) is 5.29. The highest BCUT2D eigenvalue weighted by molar-refractivity contribution is 5.88. The lowest BCUT2D eigenvalue weighted by molar-refractivity contribution is 0.114. The molecule has 9 nitrogen and oxygen atoms in total. The molecular formula is C26H30N8O. The van der Waals surface area contributed by atoms with E-state index < -0.39 is 0 Å². The predicted octanol–water partition coefficient (Wildman–Crippen LogP) is 3.25. The zero-order chi connectivity index (χ0) is 24.7. The molecule has 35 heavy (non-hydrogen) atoms. The zero-order valence-corrected chi connectivity index (χ0v) is 20.6. The van der Waals surface area contributed by atoms with Gasteiger partial charge in [-0.15, -0.1) is 0 Å². The quantitative estimate of drug-likeness (QED) is 0.442. The average molecular weight is 471 g/mol. The van der Waals surface area contributed by atoms with Crippen molar-refractivity contribution in [1.29, 1.82) is 5.26 Å². The summed E-state index contributed by atoms with van der Waals surface area (Å²) in [6.07, 6.45) is 6.17. The van der Waals surface area contributed by atoms with Gasteiger partial charge in [0.05, 0.1) is 34.5 Å². The second-order valence-corrected chi connectivity index (χ2v) is 9.39. The van der Waals surface area contributed by atoms with Gasteiger partial charge < -0.3 is 9.47 Å². The van der Waals surface area contributed by atoms with Crippen molar-refractivity contribution in [2.24, 2.45) is 7.05 Å². The molecule has 1 aromatic carbocycles. The number of hydrogen-bond acceptors (Lipinski definition) is 7. The first-order valence-electron chi connectivity index (χ1n) is 12.1. The molecule has 3 aromatic heterocycles. The molecule has 9 heteroatoms. The summed E-state index contributed by atoms with van der Waals surface area (Å²) < 4.78 is 3.21. The molecule has 1 fully saturated rings. The number of anilines is 1. The van der Waals surface area contributed by atoms with Crippen LogP contribution in [0.2, 0.25) is 0 Å². The molecule has 0 radical (unpaired) electrons. The Morgan fingerprint density at radius 3 is 2.69 bits per heavy atom. The summed E-state index contributed by atoms with van der Waals surface area (Å²) in [7, 11) is 1.75. The molecule has 1 saturated heterocycles. The van der Waals surface area contributed by atoms with Crippen molar-refractivity contribution in [2.75, 3.05) is 18.0 Å². The second kappa shape index (κ2) is 9.12. The number of piperazine rings is 1. The van der Waals surface area contributed by atoms with Crippen molar-refractivity contribution in [1.82, 2.24) is 29.2 Å². The van der Waals surface area contributed by atoms with E-state index in [1.54, 1.807) is 41.0 Å². The number of nitrogens with zero attached hydrogens (tertiary/aromatic N) is 8. The molecule has 0 N–H and O–H groups in total. The Bertz CT molecular complexity index is 1480. The molecule has 0 spiro atoms. The fraction of sp³-hybridized carbons (Fsp3) is 0.423. The Labute approximate surface area is 204 Å². The van der Waals surface area contributed by atoms with Crippen LogP contribution in [0.15, 0.2) is 47.7 Å². The van der Waals surface area contributed by atoms with E-state index in [0.29, 0.717) is 0 Å². The first-order valence-corrected chi connectivity index (χ1v) is 12.1. The number of aryl methyl sites for hydroxylation is 1. The van der Waals surface area contributed by atoms with Gasteiger partial charge in [-0.2, -0.15) is 10.4 Å². The Morgan fingerprint density at radius 1 is 1.17 bits per heavy atom. The summed E-state index contributed by atoms with van der Waals surface area (Å²) in [5, 5.41) is 13.8. The summed E-state index contributed by atoms with van der Waals surface area (Å²) >= 11 is 0. The summed E-state index contributed by atoms with van der Waals surface area (Å²) in [5.74, 6) is 0. The smallest absolute Gasteiger partial charge is 0.252 e. The van der Waals surface area contributed by atoms with Crippen molar-refractivity contribution in [3.05, 3.63) is 58.8 Å². The van der Waals surface area contributed by atoms with Crippen LogP contribution in [0, 0.1) is 11.3 Å². The van der Waals surface area contributed by atoms with Crippen molar-refractivity contribution in [3.63, 3.8) is 0 Å². The minimum Gasteiger partial charge on any atom is -0.364 e. The van der Waals surface area contributed by atoms with Gasteiger partial charge in [-0.25, -0.2) is 0 Å². The van der Waals surface area contributed by atoms with Gasteiger partial charge in [-0.05, 0) is 38.0 Å². The number of nitriles is 1. The number of benzene rings is 1. The first kappa shape index (κ1) is 23.0. The Morgan fingerprint density at radius 2 is 1.94 bits per heavy atom. The Kier molecular flexibility index (Phi) is 5.99. The molecule has 0 saturated carbocycles. The monoisotopic (exact) mass is 470 g/mol. The summed E-state index contributed by atoms with van der Waals surface area (Å²) in [4.78, 5) is 26.6. The van der Waals surface area contributed by atoms with Crippen molar-refractivity contribution < 1.29 is 0 Å². The second-order valence-electron chi connectivity index (χ2n) is 9.39. The van der Waals surface area contributed by atoms with E-state index in [1.807, 2.05) is 6.07 Å². The molecule has 5 rings (SSSR count). The van der Waals surface area contributed by atoms with Gasteiger partial charge in [0.25, 0.3) is 5.56 Å². The minimum absolute atomic E-state index is 0.0698. The molecular weight excluding hydrogens is 440 g/mol. The van der Waals surface area contributed by atoms with E-state index in [0.717, 1.165) is 47.3 Å². The van der Waals surface area contributed by atoms with Crippen LogP contribution in [0.4, 0.5) is 5.69 Å².